The Morgan fingerprint density at radius 3 is 3.00 bits per heavy atom. The molecule has 0 fully saturated rings. The molecule has 1 aliphatic heterocycles. The van der Waals surface area contributed by atoms with Crippen molar-refractivity contribution in [2.45, 2.75) is 51.2 Å². The van der Waals surface area contributed by atoms with Gasteiger partial charge in [0.1, 0.15) is 11.9 Å². The Hall–Kier alpha value is -0.800. The third-order valence-corrected chi connectivity index (χ3v) is 5.07. The second-order valence-corrected chi connectivity index (χ2v) is 7.04. The highest BCUT2D eigenvalue weighted by molar-refractivity contribution is 9.10. The van der Waals surface area contributed by atoms with E-state index in [2.05, 4.69) is 58.5 Å². The molecule has 1 heterocycles. The van der Waals surface area contributed by atoms with Crippen molar-refractivity contribution in [3.8, 4) is 5.75 Å². The van der Waals surface area contributed by atoms with Gasteiger partial charge in [0.25, 0.3) is 0 Å². The summed E-state index contributed by atoms with van der Waals surface area (Å²) in [5, 5.41) is 3.70. The fraction of sp³-hybridized carbons (Fsp3) is 0.556. The summed E-state index contributed by atoms with van der Waals surface area (Å²) in [5.41, 5.74) is 1.31. The van der Waals surface area contributed by atoms with Crippen LogP contribution in [0.2, 0.25) is 0 Å². The normalized spacial score (nSPS) is 28.0. The standard InChI is InChI=1S/C18H24BrNO/c1-2-10-20-16-12-17(13-6-4-3-5-7-13)21-18-11-14(19)8-9-15(16)18/h3-4,8-9,11,13,16-17,20H,2,5-7,10,12H2,1H3. The molecule has 0 spiro atoms. The van der Waals surface area contributed by atoms with Crippen LogP contribution in [0.25, 0.3) is 0 Å². The topological polar surface area (TPSA) is 21.3 Å². The molecule has 0 amide bonds. The molecule has 2 nitrogen and oxygen atoms in total. The lowest BCUT2D eigenvalue weighted by molar-refractivity contribution is 0.0873. The van der Waals surface area contributed by atoms with E-state index < -0.39 is 0 Å². The molecule has 0 saturated carbocycles. The molecule has 1 aromatic carbocycles. The molecule has 0 bridgehead atoms. The van der Waals surface area contributed by atoms with Crippen molar-refractivity contribution in [2.24, 2.45) is 5.92 Å². The van der Waals surface area contributed by atoms with E-state index in [4.69, 9.17) is 4.74 Å². The lowest BCUT2D eigenvalue weighted by atomic mass is 9.83. The van der Waals surface area contributed by atoms with Crippen LogP contribution in [-0.4, -0.2) is 12.6 Å². The highest BCUT2D eigenvalue weighted by Gasteiger charge is 2.33. The van der Waals surface area contributed by atoms with Crippen LogP contribution in [0.3, 0.4) is 0 Å². The van der Waals surface area contributed by atoms with Crippen molar-refractivity contribution in [3.05, 3.63) is 40.4 Å². The van der Waals surface area contributed by atoms with Gasteiger partial charge in [-0.1, -0.05) is 41.1 Å². The van der Waals surface area contributed by atoms with Gasteiger partial charge in [0.15, 0.2) is 0 Å². The molecule has 0 radical (unpaired) electrons. The number of hydrogen-bond donors (Lipinski definition) is 1. The number of ether oxygens (including phenoxy) is 1. The monoisotopic (exact) mass is 349 g/mol. The van der Waals surface area contributed by atoms with Crippen LogP contribution < -0.4 is 10.1 Å². The van der Waals surface area contributed by atoms with E-state index in [1.165, 1.54) is 24.8 Å². The van der Waals surface area contributed by atoms with Crippen molar-refractivity contribution in [2.75, 3.05) is 6.54 Å². The summed E-state index contributed by atoms with van der Waals surface area (Å²) < 4.78 is 7.46. The maximum atomic E-state index is 6.36. The van der Waals surface area contributed by atoms with E-state index >= 15 is 0 Å². The molecule has 3 heteroatoms. The summed E-state index contributed by atoms with van der Waals surface area (Å²) >= 11 is 3.57. The average molecular weight is 350 g/mol. The van der Waals surface area contributed by atoms with E-state index in [1.54, 1.807) is 0 Å². The maximum Gasteiger partial charge on any atom is 0.125 e. The van der Waals surface area contributed by atoms with E-state index in [0.717, 1.165) is 29.6 Å². The molecular weight excluding hydrogens is 326 g/mol. The number of benzene rings is 1. The SMILES string of the molecule is CCCNC1CC(C2CC=CCC2)Oc2cc(Br)ccc21. The first-order chi connectivity index (χ1) is 10.3. The Morgan fingerprint density at radius 2 is 2.24 bits per heavy atom. The largest absolute Gasteiger partial charge is 0.490 e. The molecule has 3 atom stereocenters. The number of hydrogen-bond acceptors (Lipinski definition) is 2. The summed E-state index contributed by atoms with van der Waals surface area (Å²) in [4.78, 5) is 0. The van der Waals surface area contributed by atoms with Gasteiger partial charge in [-0.05, 0) is 50.3 Å². The summed E-state index contributed by atoms with van der Waals surface area (Å²) in [6.45, 7) is 3.29. The lowest BCUT2D eigenvalue weighted by Crippen LogP contribution is -2.38. The molecule has 21 heavy (non-hydrogen) atoms. The van der Waals surface area contributed by atoms with Crippen LogP contribution >= 0.6 is 15.9 Å². The second kappa shape index (κ2) is 6.97. The Labute approximate surface area is 136 Å². The van der Waals surface area contributed by atoms with Crippen LogP contribution in [0.4, 0.5) is 0 Å². The first-order valence-corrected chi connectivity index (χ1v) is 8.91. The van der Waals surface area contributed by atoms with E-state index in [-0.39, 0.29) is 0 Å². The van der Waals surface area contributed by atoms with E-state index in [1.807, 2.05) is 0 Å². The summed E-state index contributed by atoms with van der Waals surface area (Å²) in [7, 11) is 0. The minimum Gasteiger partial charge on any atom is -0.490 e. The molecule has 1 aliphatic carbocycles. The molecule has 0 saturated heterocycles. The fourth-order valence-corrected chi connectivity index (χ4v) is 3.76. The Kier molecular flexibility index (Phi) is 5.02. The average Bonchev–Trinajstić information content (AvgIpc) is 2.52. The number of nitrogens with one attached hydrogen (secondary N) is 1. The van der Waals surface area contributed by atoms with Gasteiger partial charge < -0.3 is 10.1 Å². The molecule has 0 aromatic heterocycles. The number of halogens is 1. The predicted octanol–water partition coefficient (Wildman–Crippen LogP) is 5.00. The first-order valence-electron chi connectivity index (χ1n) is 8.12. The maximum absolute atomic E-state index is 6.36. The number of fused-ring (bicyclic) bond motifs is 1. The van der Waals surface area contributed by atoms with Gasteiger partial charge >= 0.3 is 0 Å². The summed E-state index contributed by atoms with van der Waals surface area (Å²) in [5.74, 6) is 1.72. The minimum absolute atomic E-state index is 0.339. The predicted molar refractivity (Wildman–Crippen MR) is 90.7 cm³/mol. The van der Waals surface area contributed by atoms with Crippen molar-refractivity contribution in [1.82, 2.24) is 5.32 Å². The van der Waals surface area contributed by atoms with Gasteiger partial charge in [0.05, 0.1) is 0 Å². The third kappa shape index (κ3) is 3.51. The minimum atomic E-state index is 0.339. The van der Waals surface area contributed by atoms with Crippen molar-refractivity contribution < 1.29 is 4.74 Å². The smallest absolute Gasteiger partial charge is 0.125 e. The summed E-state index contributed by atoms with van der Waals surface area (Å²) in [6, 6.07) is 6.87. The first kappa shape index (κ1) is 15.1. The van der Waals surface area contributed by atoms with Crippen molar-refractivity contribution in [3.63, 3.8) is 0 Å². The second-order valence-electron chi connectivity index (χ2n) is 6.13. The zero-order valence-corrected chi connectivity index (χ0v) is 14.2. The van der Waals surface area contributed by atoms with Gasteiger partial charge in [0.2, 0.25) is 0 Å². The van der Waals surface area contributed by atoms with Gasteiger partial charge in [-0.25, -0.2) is 0 Å². The molecule has 3 unspecified atom stereocenters. The Balaban J connectivity index is 1.82. The zero-order valence-electron chi connectivity index (χ0n) is 12.6. The van der Waals surface area contributed by atoms with E-state index in [0.29, 0.717) is 18.1 Å². The highest BCUT2D eigenvalue weighted by Crippen LogP contribution is 2.40. The van der Waals surface area contributed by atoms with Crippen LogP contribution in [0, 0.1) is 5.92 Å². The molecule has 1 aromatic rings. The molecule has 114 valence electrons. The van der Waals surface area contributed by atoms with E-state index in [9.17, 15) is 0 Å². The van der Waals surface area contributed by atoms with Crippen LogP contribution in [0.1, 0.15) is 50.6 Å². The van der Waals surface area contributed by atoms with Crippen molar-refractivity contribution >= 4 is 15.9 Å². The molecule has 2 aliphatic rings. The Bertz CT molecular complexity index is 514. The van der Waals surface area contributed by atoms with Crippen molar-refractivity contribution in [1.29, 1.82) is 0 Å². The summed E-state index contributed by atoms with van der Waals surface area (Å²) in [6.07, 6.45) is 10.8. The van der Waals surface area contributed by atoms with Gasteiger partial charge in [-0.2, -0.15) is 0 Å². The quantitative estimate of drug-likeness (QED) is 0.772. The van der Waals surface area contributed by atoms with Crippen LogP contribution in [0.5, 0.6) is 5.75 Å². The number of allylic oxidation sites excluding steroid dienone is 2. The molecule has 1 N–H and O–H groups in total. The third-order valence-electron chi connectivity index (χ3n) is 4.57. The van der Waals surface area contributed by atoms with Gasteiger partial charge in [0, 0.05) is 22.5 Å². The Morgan fingerprint density at radius 1 is 1.33 bits per heavy atom. The van der Waals surface area contributed by atoms with Crippen LogP contribution in [-0.2, 0) is 0 Å². The zero-order chi connectivity index (χ0) is 14.7. The van der Waals surface area contributed by atoms with Gasteiger partial charge in [-0.15, -0.1) is 0 Å². The fourth-order valence-electron chi connectivity index (χ4n) is 3.42. The number of rotatable bonds is 4. The molecule has 3 rings (SSSR count). The highest BCUT2D eigenvalue weighted by atomic mass is 79.9. The molecular formula is C18H24BrNO. The lowest BCUT2D eigenvalue weighted by Gasteiger charge is -2.37. The van der Waals surface area contributed by atoms with Crippen LogP contribution in [0.15, 0.2) is 34.8 Å². The van der Waals surface area contributed by atoms with Gasteiger partial charge in [-0.3, -0.25) is 0 Å².